The number of hydrogen-bond acceptors (Lipinski definition) is 6. The van der Waals surface area contributed by atoms with Gasteiger partial charge in [-0.3, -0.25) is 4.79 Å². The molecule has 1 saturated carbocycles. The highest BCUT2D eigenvalue weighted by Gasteiger charge is 2.44. The van der Waals surface area contributed by atoms with E-state index in [0.29, 0.717) is 17.5 Å². The van der Waals surface area contributed by atoms with Gasteiger partial charge < -0.3 is 19.4 Å². The maximum atomic E-state index is 12.5. The number of anilines is 1. The average Bonchev–Trinajstić information content (AvgIpc) is 3.31. The van der Waals surface area contributed by atoms with Crippen LogP contribution in [-0.2, 0) is 4.74 Å². The van der Waals surface area contributed by atoms with E-state index in [0.717, 1.165) is 31.7 Å². The third kappa shape index (κ3) is 3.24. The van der Waals surface area contributed by atoms with Crippen molar-refractivity contribution in [3.63, 3.8) is 0 Å². The van der Waals surface area contributed by atoms with Crippen molar-refractivity contribution in [1.82, 2.24) is 14.9 Å². The van der Waals surface area contributed by atoms with Crippen LogP contribution in [-0.4, -0.2) is 53.1 Å². The lowest BCUT2D eigenvalue weighted by molar-refractivity contribution is 0.0304. The number of carbonyl (C=O) groups is 1. The summed E-state index contributed by atoms with van der Waals surface area (Å²) in [7, 11) is 1.76. The summed E-state index contributed by atoms with van der Waals surface area (Å²) in [6.45, 7) is 1.51. The molecular formula is C18H22N4O3. The number of methoxy groups -OCH3 is 1. The van der Waals surface area contributed by atoms with E-state index in [1.165, 1.54) is 12.7 Å². The molecule has 1 N–H and O–H groups in total. The molecule has 2 fully saturated rings. The molecule has 4 rings (SSSR count). The second-order valence-electron chi connectivity index (χ2n) is 6.82. The molecule has 2 aliphatic rings. The molecule has 7 heteroatoms. The first kappa shape index (κ1) is 16.1. The number of pyridine rings is 1. The number of hydrogen-bond donors (Lipinski definition) is 1. The Bertz CT molecular complexity index is 706. The van der Waals surface area contributed by atoms with Crippen LogP contribution in [0.2, 0.25) is 0 Å². The Morgan fingerprint density at radius 1 is 1.28 bits per heavy atom. The van der Waals surface area contributed by atoms with Gasteiger partial charge in [-0.1, -0.05) is 6.07 Å². The van der Waals surface area contributed by atoms with E-state index in [9.17, 15) is 4.79 Å². The Morgan fingerprint density at radius 2 is 2.12 bits per heavy atom. The Morgan fingerprint density at radius 3 is 2.80 bits per heavy atom. The van der Waals surface area contributed by atoms with Crippen LogP contribution in [0.5, 0.6) is 0 Å². The third-order valence-electron chi connectivity index (χ3n) is 5.36. The molecular weight excluding hydrogens is 320 g/mol. The first-order chi connectivity index (χ1) is 12.2. The van der Waals surface area contributed by atoms with Crippen molar-refractivity contribution in [3.05, 3.63) is 42.7 Å². The zero-order valence-electron chi connectivity index (χ0n) is 14.2. The lowest BCUT2D eigenvalue weighted by atomic mass is 9.77. The van der Waals surface area contributed by atoms with Gasteiger partial charge in [-0.25, -0.2) is 9.97 Å². The quantitative estimate of drug-likeness (QED) is 0.916. The molecule has 1 saturated heterocycles. The summed E-state index contributed by atoms with van der Waals surface area (Å²) in [5.41, 5.74) is 0.380. The monoisotopic (exact) mass is 342 g/mol. The summed E-state index contributed by atoms with van der Waals surface area (Å²) >= 11 is 0. The Balaban J connectivity index is 1.44. The fourth-order valence-electron chi connectivity index (χ4n) is 4.11. The van der Waals surface area contributed by atoms with Crippen LogP contribution in [0.25, 0.3) is 0 Å². The van der Waals surface area contributed by atoms with Gasteiger partial charge in [-0.15, -0.1) is 0 Å². The fourth-order valence-corrected chi connectivity index (χ4v) is 4.11. The van der Waals surface area contributed by atoms with E-state index >= 15 is 0 Å². The van der Waals surface area contributed by atoms with Crippen molar-refractivity contribution in [1.29, 1.82) is 0 Å². The minimum Gasteiger partial charge on any atom is -0.451 e. The molecule has 0 unspecified atom stereocenters. The van der Waals surface area contributed by atoms with Gasteiger partial charge in [0.05, 0.1) is 12.1 Å². The number of amides is 1. The average molecular weight is 342 g/mol. The minimum absolute atomic E-state index is 0.0497. The third-order valence-corrected chi connectivity index (χ3v) is 5.36. The predicted molar refractivity (Wildman–Crippen MR) is 91.1 cm³/mol. The number of rotatable bonds is 4. The van der Waals surface area contributed by atoms with Gasteiger partial charge in [0.1, 0.15) is 12.1 Å². The lowest BCUT2D eigenvalue weighted by Gasteiger charge is -2.37. The van der Waals surface area contributed by atoms with Gasteiger partial charge in [-0.2, -0.15) is 0 Å². The minimum atomic E-state index is -0.0497. The van der Waals surface area contributed by atoms with Crippen molar-refractivity contribution < 1.29 is 13.9 Å². The van der Waals surface area contributed by atoms with Gasteiger partial charge in [0.2, 0.25) is 0 Å². The van der Waals surface area contributed by atoms with Crippen molar-refractivity contribution in [2.45, 2.75) is 25.0 Å². The summed E-state index contributed by atoms with van der Waals surface area (Å²) in [5, 5.41) is 3.50. The molecule has 7 nitrogen and oxygen atoms in total. The summed E-state index contributed by atoms with van der Waals surface area (Å²) in [6, 6.07) is 6.04. The topological polar surface area (TPSA) is 80.5 Å². The number of oxazole rings is 1. The highest BCUT2D eigenvalue weighted by molar-refractivity contribution is 5.92. The molecule has 0 bridgehead atoms. The predicted octanol–water partition coefficient (Wildman–Crippen LogP) is 2.05. The Kier molecular flexibility index (Phi) is 4.40. The van der Waals surface area contributed by atoms with Crippen LogP contribution < -0.4 is 5.32 Å². The number of nitrogens with zero attached hydrogens (tertiary/aromatic N) is 3. The van der Waals surface area contributed by atoms with Crippen LogP contribution in [0.1, 0.15) is 23.3 Å². The zero-order valence-corrected chi connectivity index (χ0v) is 14.2. The highest BCUT2D eigenvalue weighted by Crippen LogP contribution is 2.38. The molecule has 3 heterocycles. The first-order valence-corrected chi connectivity index (χ1v) is 8.62. The van der Waals surface area contributed by atoms with Gasteiger partial charge >= 0.3 is 0 Å². The maximum absolute atomic E-state index is 12.5. The molecule has 0 aromatic carbocycles. The SMILES string of the molecule is CO[C@@H]1C[C@H]2CN(C(=O)c3cocn3)C[C@H]2C[C@H]1Nc1ccccn1. The van der Waals surface area contributed by atoms with Gasteiger partial charge in [-0.05, 0) is 36.8 Å². The molecule has 0 spiro atoms. The van der Waals surface area contributed by atoms with E-state index in [-0.39, 0.29) is 18.1 Å². The molecule has 4 atom stereocenters. The van der Waals surface area contributed by atoms with E-state index in [2.05, 4.69) is 15.3 Å². The number of carbonyl (C=O) groups excluding carboxylic acids is 1. The Labute approximate surface area is 146 Å². The number of fused-ring (bicyclic) bond motifs is 1. The van der Waals surface area contributed by atoms with Crippen LogP contribution in [0, 0.1) is 11.8 Å². The van der Waals surface area contributed by atoms with Crippen molar-refractivity contribution in [3.8, 4) is 0 Å². The number of nitrogens with one attached hydrogen (secondary N) is 1. The molecule has 2 aromatic heterocycles. The number of likely N-dealkylation sites (tertiary alicyclic amines) is 1. The van der Waals surface area contributed by atoms with Crippen LogP contribution >= 0.6 is 0 Å². The molecule has 2 aromatic rings. The number of aromatic nitrogens is 2. The second kappa shape index (κ2) is 6.84. The van der Waals surface area contributed by atoms with E-state index in [1.54, 1.807) is 13.3 Å². The molecule has 132 valence electrons. The standard InChI is InChI=1S/C18H22N4O3/c1-24-16-7-13-9-22(18(23)15-10-25-11-20-15)8-12(13)6-14(16)21-17-4-2-3-5-19-17/h2-5,10-14,16H,6-9H2,1H3,(H,19,21)/t12-,13+,14-,16-/m1/s1. The van der Waals surface area contributed by atoms with Crippen LogP contribution in [0.15, 0.2) is 41.5 Å². The van der Waals surface area contributed by atoms with Gasteiger partial charge in [0.15, 0.2) is 12.1 Å². The van der Waals surface area contributed by atoms with Crippen LogP contribution in [0.3, 0.4) is 0 Å². The van der Waals surface area contributed by atoms with E-state index in [4.69, 9.17) is 9.15 Å². The molecule has 25 heavy (non-hydrogen) atoms. The maximum Gasteiger partial charge on any atom is 0.275 e. The summed E-state index contributed by atoms with van der Waals surface area (Å²) in [5.74, 6) is 1.74. The Hall–Kier alpha value is -2.41. The van der Waals surface area contributed by atoms with Gasteiger partial charge in [0.25, 0.3) is 5.91 Å². The second-order valence-corrected chi connectivity index (χ2v) is 6.82. The smallest absolute Gasteiger partial charge is 0.275 e. The zero-order chi connectivity index (χ0) is 17.2. The van der Waals surface area contributed by atoms with Crippen molar-refractivity contribution in [2.75, 3.05) is 25.5 Å². The summed E-state index contributed by atoms with van der Waals surface area (Å²) < 4.78 is 10.7. The molecule has 1 aliphatic heterocycles. The van der Waals surface area contributed by atoms with Crippen molar-refractivity contribution >= 4 is 11.7 Å². The fraction of sp³-hybridized carbons (Fsp3) is 0.500. The number of ether oxygens (including phenoxy) is 1. The summed E-state index contributed by atoms with van der Waals surface area (Å²) in [4.78, 5) is 22.7. The van der Waals surface area contributed by atoms with Crippen molar-refractivity contribution in [2.24, 2.45) is 11.8 Å². The molecule has 1 amide bonds. The van der Waals surface area contributed by atoms with E-state index in [1.807, 2.05) is 23.1 Å². The summed E-state index contributed by atoms with van der Waals surface area (Å²) in [6.07, 6.45) is 6.50. The van der Waals surface area contributed by atoms with Crippen LogP contribution in [0.4, 0.5) is 5.82 Å². The van der Waals surface area contributed by atoms with E-state index < -0.39 is 0 Å². The van der Waals surface area contributed by atoms with Gasteiger partial charge in [0, 0.05) is 26.4 Å². The highest BCUT2D eigenvalue weighted by atomic mass is 16.5. The largest absolute Gasteiger partial charge is 0.451 e. The first-order valence-electron chi connectivity index (χ1n) is 8.62. The lowest BCUT2D eigenvalue weighted by Crippen LogP contribution is -2.44. The normalized spacial score (nSPS) is 28.6. The molecule has 1 aliphatic carbocycles. The molecule has 0 radical (unpaired) electrons.